The topological polar surface area (TPSA) is 94.4 Å². The van der Waals surface area contributed by atoms with E-state index in [0.717, 1.165) is 21.2 Å². The number of nitro groups is 1. The Kier molecular flexibility index (Phi) is 7.56. The Morgan fingerprint density at radius 3 is 2.70 bits per heavy atom. The summed E-state index contributed by atoms with van der Waals surface area (Å²) in [6.07, 6.45) is 0. The van der Waals surface area contributed by atoms with E-state index in [0.29, 0.717) is 24.7 Å². The molecule has 1 N–H and O–H groups in total. The Morgan fingerprint density at radius 2 is 2.03 bits per heavy atom. The highest BCUT2D eigenvalue weighted by Crippen LogP contribution is 2.36. The maximum Gasteiger partial charge on any atom is 0.284 e. The van der Waals surface area contributed by atoms with Gasteiger partial charge in [0.05, 0.1) is 16.4 Å². The molecule has 3 aromatic rings. The van der Waals surface area contributed by atoms with Crippen molar-refractivity contribution in [2.45, 2.75) is 36.2 Å². The van der Waals surface area contributed by atoms with Gasteiger partial charge in [0.2, 0.25) is 0 Å². The number of carbonyl (C=O) groups is 1. The third-order valence-electron chi connectivity index (χ3n) is 4.23. The zero-order chi connectivity index (χ0) is 21.5. The summed E-state index contributed by atoms with van der Waals surface area (Å²) in [5.41, 5.74) is 2.93. The van der Waals surface area contributed by atoms with Crippen LogP contribution in [0.15, 0.2) is 57.1 Å². The van der Waals surface area contributed by atoms with Gasteiger partial charge >= 0.3 is 0 Å². The summed E-state index contributed by atoms with van der Waals surface area (Å²) in [5, 5.41) is 16.3. The number of hydrogen-bond acceptors (Lipinski definition) is 7. The molecule has 0 unspecified atom stereocenters. The summed E-state index contributed by atoms with van der Waals surface area (Å²) in [5.74, 6) is -0.369. The molecule has 9 heteroatoms. The molecule has 1 aromatic heterocycles. The van der Waals surface area contributed by atoms with E-state index in [-0.39, 0.29) is 17.2 Å². The maximum atomic E-state index is 12.6. The van der Waals surface area contributed by atoms with Crippen molar-refractivity contribution >= 4 is 34.7 Å². The van der Waals surface area contributed by atoms with Gasteiger partial charge in [0.25, 0.3) is 11.6 Å². The van der Waals surface area contributed by atoms with Gasteiger partial charge in [-0.05, 0) is 37.1 Å². The van der Waals surface area contributed by atoms with E-state index in [4.69, 9.17) is 4.74 Å². The van der Waals surface area contributed by atoms with E-state index in [2.05, 4.69) is 10.3 Å². The first kappa shape index (κ1) is 21.9. The Bertz CT molecular complexity index is 1050. The van der Waals surface area contributed by atoms with Crippen LogP contribution in [0.5, 0.6) is 0 Å². The van der Waals surface area contributed by atoms with Gasteiger partial charge in [-0.1, -0.05) is 36.0 Å². The van der Waals surface area contributed by atoms with E-state index in [1.165, 1.54) is 29.2 Å². The zero-order valence-electron chi connectivity index (χ0n) is 16.6. The van der Waals surface area contributed by atoms with Crippen LogP contribution in [0.4, 0.5) is 5.69 Å². The molecule has 1 heterocycles. The molecular formula is C21H21N3O4S2. The number of nitrogens with zero attached hydrogens (tertiary/aromatic N) is 2. The maximum absolute atomic E-state index is 12.6. The molecule has 0 aliphatic rings. The lowest BCUT2D eigenvalue weighted by atomic mass is 10.1. The van der Waals surface area contributed by atoms with Crippen LogP contribution in [0.2, 0.25) is 0 Å². The molecule has 0 saturated heterocycles. The van der Waals surface area contributed by atoms with Crippen molar-refractivity contribution < 1.29 is 14.5 Å². The lowest BCUT2D eigenvalue weighted by Crippen LogP contribution is -2.23. The van der Waals surface area contributed by atoms with Gasteiger partial charge in [-0.2, -0.15) is 0 Å². The van der Waals surface area contributed by atoms with Crippen molar-refractivity contribution in [3.63, 3.8) is 0 Å². The van der Waals surface area contributed by atoms with Crippen molar-refractivity contribution in [3.8, 4) is 0 Å². The van der Waals surface area contributed by atoms with Crippen LogP contribution in [-0.4, -0.2) is 22.4 Å². The van der Waals surface area contributed by atoms with Crippen LogP contribution in [0.25, 0.3) is 0 Å². The normalized spacial score (nSPS) is 10.7. The van der Waals surface area contributed by atoms with Crippen LogP contribution in [0.1, 0.15) is 34.1 Å². The zero-order valence-corrected chi connectivity index (χ0v) is 18.2. The third kappa shape index (κ3) is 5.65. The van der Waals surface area contributed by atoms with E-state index >= 15 is 0 Å². The standard InChI is InChI=1S/C21H21N3O4S2/c1-3-28-12-17-7-5-4-6-16(17)11-22-20(25)15-8-9-19(18(10-15)24(26)27)30-21-23-14(2)13-29-21/h4-10,13H,3,11-12H2,1-2H3,(H,22,25). The predicted octanol–water partition coefficient (Wildman–Crippen LogP) is 4.98. The van der Waals surface area contributed by atoms with Gasteiger partial charge in [0, 0.05) is 35.9 Å². The van der Waals surface area contributed by atoms with E-state index in [1.54, 1.807) is 12.1 Å². The quantitative estimate of drug-likeness (QED) is 0.370. The average Bonchev–Trinajstić information content (AvgIpc) is 3.15. The highest BCUT2D eigenvalue weighted by Gasteiger charge is 2.19. The smallest absolute Gasteiger partial charge is 0.284 e. The highest BCUT2D eigenvalue weighted by atomic mass is 32.2. The largest absolute Gasteiger partial charge is 0.377 e. The molecule has 2 aromatic carbocycles. The van der Waals surface area contributed by atoms with Crippen molar-refractivity contribution in [2.75, 3.05) is 6.61 Å². The molecule has 30 heavy (non-hydrogen) atoms. The van der Waals surface area contributed by atoms with Crippen LogP contribution in [0.3, 0.4) is 0 Å². The fourth-order valence-corrected chi connectivity index (χ4v) is 4.60. The number of amides is 1. The molecular weight excluding hydrogens is 422 g/mol. The Labute approximate surface area is 182 Å². The molecule has 156 valence electrons. The molecule has 0 radical (unpaired) electrons. The number of rotatable bonds is 9. The first-order valence-electron chi connectivity index (χ1n) is 9.29. The molecule has 0 fully saturated rings. The second kappa shape index (κ2) is 10.3. The number of hydrogen-bond donors (Lipinski definition) is 1. The van der Waals surface area contributed by atoms with Crippen molar-refractivity contribution in [2.24, 2.45) is 0 Å². The summed E-state index contributed by atoms with van der Waals surface area (Å²) in [4.78, 5) is 28.5. The third-order valence-corrected chi connectivity index (χ3v) is 6.35. The van der Waals surface area contributed by atoms with E-state index in [9.17, 15) is 14.9 Å². The number of benzene rings is 2. The van der Waals surface area contributed by atoms with Gasteiger partial charge in [0.15, 0.2) is 4.34 Å². The second-order valence-electron chi connectivity index (χ2n) is 6.38. The van der Waals surface area contributed by atoms with Crippen LogP contribution in [0, 0.1) is 17.0 Å². The summed E-state index contributed by atoms with van der Waals surface area (Å²) in [6.45, 7) is 5.18. The summed E-state index contributed by atoms with van der Waals surface area (Å²) < 4.78 is 6.18. The van der Waals surface area contributed by atoms with E-state index in [1.807, 2.05) is 43.5 Å². The summed E-state index contributed by atoms with van der Waals surface area (Å²) >= 11 is 2.65. The Hall–Kier alpha value is -2.75. The molecule has 0 aliphatic heterocycles. The lowest BCUT2D eigenvalue weighted by Gasteiger charge is -2.11. The predicted molar refractivity (Wildman–Crippen MR) is 117 cm³/mol. The minimum absolute atomic E-state index is 0.114. The number of carbonyl (C=O) groups excluding carboxylic acids is 1. The molecule has 3 rings (SSSR count). The minimum atomic E-state index is -0.475. The SMILES string of the molecule is CCOCc1ccccc1CNC(=O)c1ccc(Sc2nc(C)cs2)c([N+](=O)[O-])c1. The fraction of sp³-hybridized carbons (Fsp3) is 0.238. The van der Waals surface area contributed by atoms with Crippen LogP contribution < -0.4 is 5.32 Å². The molecule has 1 amide bonds. The Balaban J connectivity index is 1.73. The number of aromatic nitrogens is 1. The molecule has 0 atom stereocenters. The van der Waals surface area contributed by atoms with Crippen molar-refractivity contribution in [3.05, 3.63) is 80.3 Å². The van der Waals surface area contributed by atoms with Gasteiger partial charge < -0.3 is 10.1 Å². The number of nitrogens with one attached hydrogen (secondary N) is 1. The monoisotopic (exact) mass is 443 g/mol. The number of thiazole rings is 1. The summed E-state index contributed by atoms with van der Waals surface area (Å²) in [7, 11) is 0. The van der Waals surface area contributed by atoms with Crippen molar-refractivity contribution in [1.29, 1.82) is 0 Å². The van der Waals surface area contributed by atoms with Crippen LogP contribution >= 0.6 is 23.1 Å². The highest BCUT2D eigenvalue weighted by molar-refractivity contribution is 8.01. The molecule has 0 spiro atoms. The minimum Gasteiger partial charge on any atom is -0.377 e. The fourth-order valence-electron chi connectivity index (χ4n) is 2.72. The van der Waals surface area contributed by atoms with Crippen molar-refractivity contribution in [1.82, 2.24) is 10.3 Å². The van der Waals surface area contributed by atoms with Gasteiger partial charge in [-0.25, -0.2) is 4.98 Å². The number of nitro benzene ring substituents is 1. The van der Waals surface area contributed by atoms with Gasteiger partial charge in [-0.3, -0.25) is 14.9 Å². The number of ether oxygens (including phenoxy) is 1. The molecule has 0 saturated carbocycles. The molecule has 0 aliphatic carbocycles. The average molecular weight is 444 g/mol. The second-order valence-corrected chi connectivity index (χ2v) is 8.53. The first-order valence-corrected chi connectivity index (χ1v) is 11.0. The number of aryl methyl sites for hydroxylation is 1. The van der Waals surface area contributed by atoms with Gasteiger partial charge in [-0.15, -0.1) is 11.3 Å². The van der Waals surface area contributed by atoms with E-state index < -0.39 is 4.92 Å². The molecule has 7 nitrogen and oxygen atoms in total. The summed E-state index contributed by atoms with van der Waals surface area (Å²) in [6, 6.07) is 12.2. The lowest BCUT2D eigenvalue weighted by molar-refractivity contribution is -0.387. The molecule has 0 bridgehead atoms. The van der Waals surface area contributed by atoms with Crippen LogP contribution in [-0.2, 0) is 17.9 Å². The van der Waals surface area contributed by atoms with Gasteiger partial charge in [0.1, 0.15) is 0 Å². The first-order chi connectivity index (χ1) is 14.5. The Morgan fingerprint density at radius 1 is 1.27 bits per heavy atom.